The van der Waals surface area contributed by atoms with Gasteiger partial charge in [0.1, 0.15) is 6.61 Å². The summed E-state index contributed by atoms with van der Waals surface area (Å²) in [6.45, 7) is 6.71. The molecule has 0 aromatic heterocycles. The van der Waals surface area contributed by atoms with Crippen LogP contribution in [-0.4, -0.2) is 42.0 Å². The first-order valence-electron chi connectivity index (χ1n) is 6.07. The molecular weight excluding hydrogens is 238 g/mol. The topological polar surface area (TPSA) is 84.9 Å². The number of hydrogen-bond donors (Lipinski definition) is 2. The lowest BCUT2D eigenvalue weighted by Gasteiger charge is -2.42. The summed E-state index contributed by atoms with van der Waals surface area (Å²) in [4.78, 5) is 21.8. The highest BCUT2D eigenvalue weighted by Crippen LogP contribution is 2.30. The summed E-state index contributed by atoms with van der Waals surface area (Å²) in [7, 11) is 0. The number of aliphatic hydroxyl groups excluding tert-OH is 1. The van der Waals surface area contributed by atoms with Gasteiger partial charge < -0.3 is 19.9 Å². The maximum atomic E-state index is 11.1. The predicted octanol–water partition coefficient (Wildman–Crippen LogP) is 0.0436. The maximum absolute atomic E-state index is 11.1. The van der Waals surface area contributed by atoms with Gasteiger partial charge in [-0.05, 0) is 11.8 Å². The van der Waals surface area contributed by atoms with E-state index in [-0.39, 0.29) is 36.4 Å². The Bertz CT molecular complexity index is 318. The summed E-state index contributed by atoms with van der Waals surface area (Å²) < 4.78 is 10.3. The van der Waals surface area contributed by atoms with Crippen molar-refractivity contribution >= 4 is 11.9 Å². The van der Waals surface area contributed by atoms with Crippen molar-refractivity contribution in [1.82, 2.24) is 5.32 Å². The van der Waals surface area contributed by atoms with Gasteiger partial charge in [0.2, 0.25) is 5.91 Å². The van der Waals surface area contributed by atoms with Crippen molar-refractivity contribution in [3.8, 4) is 0 Å². The third kappa shape index (κ3) is 3.68. The molecule has 1 saturated heterocycles. The third-order valence-corrected chi connectivity index (χ3v) is 3.42. The van der Waals surface area contributed by atoms with Crippen molar-refractivity contribution in [2.45, 2.75) is 46.1 Å². The van der Waals surface area contributed by atoms with Crippen molar-refractivity contribution in [2.24, 2.45) is 11.8 Å². The van der Waals surface area contributed by atoms with Gasteiger partial charge in [-0.25, -0.2) is 0 Å². The average Bonchev–Trinajstić information content (AvgIpc) is 2.27. The number of rotatable bonds is 3. The summed E-state index contributed by atoms with van der Waals surface area (Å²) in [5, 5.41) is 12.5. The molecular formula is C12H21NO5. The van der Waals surface area contributed by atoms with E-state index in [1.165, 1.54) is 13.8 Å². The van der Waals surface area contributed by atoms with E-state index in [2.05, 4.69) is 5.32 Å². The Kier molecular flexibility index (Phi) is 5.10. The van der Waals surface area contributed by atoms with Crippen LogP contribution in [0.25, 0.3) is 0 Å². The van der Waals surface area contributed by atoms with Gasteiger partial charge in [0.05, 0.1) is 12.1 Å². The molecule has 1 amide bonds. The first-order chi connectivity index (χ1) is 8.32. The van der Waals surface area contributed by atoms with Crippen molar-refractivity contribution in [3.05, 3.63) is 0 Å². The van der Waals surface area contributed by atoms with Crippen LogP contribution in [0.3, 0.4) is 0 Å². The predicted molar refractivity (Wildman–Crippen MR) is 63.4 cm³/mol. The smallest absolute Gasteiger partial charge is 0.302 e. The Hall–Kier alpha value is -1.14. The third-order valence-electron chi connectivity index (χ3n) is 3.42. The van der Waals surface area contributed by atoms with Gasteiger partial charge in [-0.2, -0.15) is 0 Å². The highest BCUT2D eigenvalue weighted by Gasteiger charge is 2.41. The fraction of sp³-hybridized carbons (Fsp3) is 0.833. The fourth-order valence-electron chi connectivity index (χ4n) is 2.14. The minimum Gasteiger partial charge on any atom is -0.463 e. The number of carbonyl (C=O) groups excluding carboxylic acids is 2. The van der Waals surface area contributed by atoms with Gasteiger partial charge in [-0.15, -0.1) is 0 Å². The summed E-state index contributed by atoms with van der Waals surface area (Å²) in [5.74, 6) is -0.500. The Morgan fingerprint density at radius 3 is 2.39 bits per heavy atom. The van der Waals surface area contributed by atoms with E-state index in [9.17, 15) is 14.7 Å². The molecule has 2 N–H and O–H groups in total. The molecule has 1 rings (SSSR count). The van der Waals surface area contributed by atoms with E-state index in [1.807, 2.05) is 13.8 Å². The Morgan fingerprint density at radius 1 is 1.28 bits per heavy atom. The van der Waals surface area contributed by atoms with Gasteiger partial charge in [0.25, 0.3) is 0 Å². The molecule has 6 nitrogen and oxygen atoms in total. The molecule has 0 aromatic rings. The van der Waals surface area contributed by atoms with E-state index in [1.54, 1.807) is 0 Å². The van der Waals surface area contributed by atoms with Crippen LogP contribution in [0.4, 0.5) is 0 Å². The van der Waals surface area contributed by atoms with Gasteiger partial charge >= 0.3 is 5.97 Å². The Balaban J connectivity index is 2.64. The standard InChI is InChI=1S/C12H21NO5/c1-6-7(2)11(13-8(3)14)12(16)18-10(6)5-17-9(4)15/h6-7,10-12,16H,5H2,1-4H3,(H,13,14)/t6-,7+,10-,11-,12-/m1/s1. The normalized spacial score (nSPS) is 35.9. The monoisotopic (exact) mass is 259 g/mol. The molecule has 0 unspecified atom stereocenters. The average molecular weight is 259 g/mol. The van der Waals surface area contributed by atoms with Gasteiger partial charge in [0.15, 0.2) is 6.29 Å². The van der Waals surface area contributed by atoms with Crippen LogP contribution in [0.15, 0.2) is 0 Å². The molecule has 1 heterocycles. The Morgan fingerprint density at radius 2 is 1.89 bits per heavy atom. The van der Waals surface area contributed by atoms with Gasteiger partial charge in [0, 0.05) is 13.8 Å². The summed E-state index contributed by atoms with van der Waals surface area (Å²) in [6.07, 6.45) is -1.44. The van der Waals surface area contributed by atoms with Crippen molar-refractivity contribution in [1.29, 1.82) is 0 Å². The van der Waals surface area contributed by atoms with E-state index >= 15 is 0 Å². The van der Waals surface area contributed by atoms with Crippen molar-refractivity contribution < 1.29 is 24.2 Å². The molecule has 0 aromatic carbocycles. The highest BCUT2D eigenvalue weighted by molar-refractivity contribution is 5.73. The highest BCUT2D eigenvalue weighted by atomic mass is 16.6. The molecule has 0 bridgehead atoms. The molecule has 1 aliphatic rings. The minimum absolute atomic E-state index is 0.0261. The molecule has 1 aliphatic heterocycles. The molecule has 104 valence electrons. The van der Waals surface area contributed by atoms with Crippen LogP contribution in [0.1, 0.15) is 27.7 Å². The summed E-state index contributed by atoms with van der Waals surface area (Å²) in [5.41, 5.74) is 0. The molecule has 18 heavy (non-hydrogen) atoms. The number of amides is 1. The zero-order valence-electron chi connectivity index (χ0n) is 11.2. The summed E-state index contributed by atoms with van der Waals surface area (Å²) in [6, 6.07) is -0.439. The SMILES string of the molecule is CC(=O)N[C@@H]1[C@@H](C)[C@@H](C)[C@@H](COC(C)=O)O[C@H]1O. The molecule has 1 fully saturated rings. The zero-order valence-corrected chi connectivity index (χ0v) is 11.2. The lowest BCUT2D eigenvalue weighted by atomic mass is 9.82. The second-order valence-electron chi connectivity index (χ2n) is 4.81. The van der Waals surface area contributed by atoms with Crippen LogP contribution in [0.2, 0.25) is 0 Å². The molecule has 6 heteroatoms. The van der Waals surface area contributed by atoms with E-state index in [0.717, 1.165) is 0 Å². The van der Waals surface area contributed by atoms with Crippen LogP contribution in [-0.2, 0) is 19.1 Å². The number of carbonyl (C=O) groups is 2. The number of aliphatic hydroxyl groups is 1. The fourth-order valence-corrected chi connectivity index (χ4v) is 2.14. The van der Waals surface area contributed by atoms with E-state index in [0.29, 0.717) is 0 Å². The van der Waals surface area contributed by atoms with Crippen molar-refractivity contribution in [3.63, 3.8) is 0 Å². The quantitative estimate of drug-likeness (QED) is 0.699. The van der Waals surface area contributed by atoms with Crippen molar-refractivity contribution in [2.75, 3.05) is 6.61 Å². The maximum Gasteiger partial charge on any atom is 0.302 e. The minimum atomic E-state index is -1.08. The Labute approximate surface area is 107 Å². The largest absolute Gasteiger partial charge is 0.463 e. The van der Waals surface area contributed by atoms with E-state index in [4.69, 9.17) is 9.47 Å². The lowest BCUT2D eigenvalue weighted by molar-refractivity contribution is -0.223. The number of ether oxygens (including phenoxy) is 2. The van der Waals surface area contributed by atoms with Crippen LogP contribution >= 0.6 is 0 Å². The number of esters is 1. The van der Waals surface area contributed by atoms with Gasteiger partial charge in [-0.3, -0.25) is 9.59 Å². The van der Waals surface area contributed by atoms with Crippen LogP contribution in [0.5, 0.6) is 0 Å². The van der Waals surface area contributed by atoms with Crippen LogP contribution in [0, 0.1) is 11.8 Å². The molecule has 0 saturated carbocycles. The van der Waals surface area contributed by atoms with Gasteiger partial charge in [-0.1, -0.05) is 13.8 Å². The molecule has 0 spiro atoms. The number of nitrogens with one attached hydrogen (secondary N) is 1. The number of hydrogen-bond acceptors (Lipinski definition) is 5. The first kappa shape index (κ1) is 14.9. The summed E-state index contributed by atoms with van der Waals surface area (Å²) >= 11 is 0. The molecule has 0 radical (unpaired) electrons. The molecule has 5 atom stereocenters. The molecule has 0 aliphatic carbocycles. The second kappa shape index (κ2) is 6.15. The lowest BCUT2D eigenvalue weighted by Crippen LogP contribution is -2.57. The second-order valence-corrected chi connectivity index (χ2v) is 4.81. The zero-order chi connectivity index (χ0) is 13.9. The van der Waals surface area contributed by atoms with Crippen LogP contribution < -0.4 is 5.32 Å². The first-order valence-corrected chi connectivity index (χ1v) is 6.07. The van der Waals surface area contributed by atoms with E-state index < -0.39 is 12.3 Å².